The second-order valence-corrected chi connectivity index (χ2v) is 9.03. The normalized spacial score (nSPS) is 27.4. The summed E-state index contributed by atoms with van der Waals surface area (Å²) >= 11 is 0. The summed E-state index contributed by atoms with van der Waals surface area (Å²) in [6, 6.07) is 9.54. The summed E-state index contributed by atoms with van der Waals surface area (Å²) in [6.07, 6.45) is 7.64. The van der Waals surface area contributed by atoms with Gasteiger partial charge in [0.15, 0.2) is 0 Å². The van der Waals surface area contributed by atoms with E-state index < -0.39 is 6.17 Å². The van der Waals surface area contributed by atoms with Crippen LogP contribution in [-0.4, -0.2) is 46.9 Å². The largest absolute Gasteiger partial charge is 0.325 e. The van der Waals surface area contributed by atoms with Crippen molar-refractivity contribution in [3.8, 4) is 0 Å². The molecule has 166 valence electrons. The van der Waals surface area contributed by atoms with Gasteiger partial charge in [-0.3, -0.25) is 14.5 Å². The molecule has 31 heavy (non-hydrogen) atoms. The predicted molar refractivity (Wildman–Crippen MR) is 119 cm³/mol. The lowest BCUT2D eigenvalue weighted by molar-refractivity contribution is -0.143. The third kappa shape index (κ3) is 4.12. The molecule has 1 aromatic carbocycles. The molecule has 4 amide bonds. The van der Waals surface area contributed by atoms with Crippen LogP contribution in [0.5, 0.6) is 0 Å². The molecule has 0 radical (unpaired) electrons. The van der Waals surface area contributed by atoms with Crippen molar-refractivity contribution in [2.24, 2.45) is 23.7 Å². The standard InChI is InChI=1S/C25H33N3O3/c1-3-14-27(15-4-2)25(31)26-20(16-17-8-6-5-7-9-17)28-23(29)21-18-10-11-19(13-12-18)22(21)24(28)30/h5-11,18-22H,3-4,12-16H2,1-2H3,(H,26,31). The summed E-state index contributed by atoms with van der Waals surface area (Å²) in [4.78, 5) is 43.2. The first-order valence-corrected chi connectivity index (χ1v) is 11.7. The molecule has 1 aliphatic heterocycles. The highest BCUT2D eigenvalue weighted by Gasteiger charge is 2.58. The van der Waals surface area contributed by atoms with Crippen LogP contribution in [0.15, 0.2) is 42.5 Å². The number of fused-ring (bicyclic) bond motifs is 1. The lowest BCUT2D eigenvalue weighted by Crippen LogP contribution is -2.55. The van der Waals surface area contributed by atoms with E-state index in [1.54, 1.807) is 4.90 Å². The maximum atomic E-state index is 13.5. The number of imide groups is 1. The number of carbonyl (C=O) groups is 3. The molecule has 2 fully saturated rings. The number of hydrogen-bond acceptors (Lipinski definition) is 3. The Labute approximate surface area is 184 Å². The Bertz CT molecular complexity index is 815. The molecule has 5 rings (SSSR count). The highest BCUT2D eigenvalue weighted by atomic mass is 16.2. The van der Waals surface area contributed by atoms with E-state index in [0.717, 1.165) is 31.2 Å². The quantitative estimate of drug-likeness (QED) is 0.513. The Hall–Kier alpha value is -2.63. The van der Waals surface area contributed by atoms with Crippen molar-refractivity contribution in [3.63, 3.8) is 0 Å². The van der Waals surface area contributed by atoms with Crippen LogP contribution in [0.4, 0.5) is 4.79 Å². The predicted octanol–water partition coefficient (Wildman–Crippen LogP) is 3.58. The van der Waals surface area contributed by atoms with Crippen LogP contribution in [0.1, 0.15) is 45.1 Å². The molecule has 0 spiro atoms. The van der Waals surface area contributed by atoms with E-state index in [0.29, 0.717) is 19.5 Å². The fourth-order valence-corrected chi connectivity index (χ4v) is 5.54. The second kappa shape index (κ2) is 9.25. The fourth-order valence-electron chi connectivity index (χ4n) is 5.54. The van der Waals surface area contributed by atoms with Crippen LogP contribution >= 0.6 is 0 Å². The van der Waals surface area contributed by atoms with Gasteiger partial charge >= 0.3 is 6.03 Å². The summed E-state index contributed by atoms with van der Waals surface area (Å²) in [6.45, 7) is 5.38. The van der Waals surface area contributed by atoms with Gasteiger partial charge in [-0.25, -0.2) is 4.79 Å². The number of allylic oxidation sites excluding steroid dienone is 2. The maximum absolute atomic E-state index is 13.5. The van der Waals surface area contributed by atoms with Crippen molar-refractivity contribution >= 4 is 17.8 Å². The monoisotopic (exact) mass is 423 g/mol. The summed E-state index contributed by atoms with van der Waals surface area (Å²) in [5, 5.41) is 3.05. The van der Waals surface area contributed by atoms with E-state index >= 15 is 0 Å². The van der Waals surface area contributed by atoms with Crippen molar-refractivity contribution in [2.75, 3.05) is 13.1 Å². The van der Waals surface area contributed by atoms with Crippen LogP contribution in [0, 0.1) is 23.7 Å². The van der Waals surface area contributed by atoms with Gasteiger partial charge in [0.25, 0.3) is 0 Å². The number of nitrogens with one attached hydrogen (secondary N) is 1. The minimum atomic E-state index is -0.670. The zero-order valence-electron chi connectivity index (χ0n) is 18.5. The molecule has 5 atom stereocenters. The molecular weight excluding hydrogens is 390 g/mol. The van der Waals surface area contributed by atoms with Gasteiger partial charge in [0.05, 0.1) is 11.8 Å². The molecule has 6 heteroatoms. The minimum Gasteiger partial charge on any atom is -0.325 e. The molecule has 1 saturated carbocycles. The number of hydrogen-bond donors (Lipinski definition) is 1. The van der Waals surface area contributed by atoms with Gasteiger partial charge < -0.3 is 10.2 Å². The Kier molecular flexibility index (Phi) is 6.44. The van der Waals surface area contributed by atoms with Crippen LogP contribution in [-0.2, 0) is 16.0 Å². The first-order chi connectivity index (χ1) is 15.0. The van der Waals surface area contributed by atoms with Gasteiger partial charge in [0.2, 0.25) is 11.8 Å². The number of benzene rings is 1. The zero-order chi connectivity index (χ0) is 22.0. The lowest BCUT2D eigenvalue weighted by Gasteiger charge is -2.38. The van der Waals surface area contributed by atoms with Gasteiger partial charge in [-0.15, -0.1) is 0 Å². The molecule has 5 unspecified atom stereocenters. The Morgan fingerprint density at radius 3 is 2.03 bits per heavy atom. The SMILES string of the molecule is CCCN(CCC)C(=O)NC(Cc1ccccc1)N1C(=O)C2C3C=CC(CC3)C2C1=O. The molecule has 1 heterocycles. The maximum Gasteiger partial charge on any atom is 0.319 e. The molecule has 1 N–H and O–H groups in total. The fraction of sp³-hybridized carbons (Fsp3) is 0.560. The van der Waals surface area contributed by atoms with Crippen molar-refractivity contribution < 1.29 is 14.4 Å². The third-order valence-electron chi connectivity index (χ3n) is 6.94. The molecular formula is C25H33N3O3. The number of likely N-dealkylation sites (tertiary alicyclic amines) is 1. The Morgan fingerprint density at radius 1 is 1.00 bits per heavy atom. The molecule has 1 aromatic rings. The smallest absolute Gasteiger partial charge is 0.319 e. The third-order valence-corrected chi connectivity index (χ3v) is 6.94. The summed E-state index contributed by atoms with van der Waals surface area (Å²) in [5.74, 6) is -0.495. The highest BCUT2D eigenvalue weighted by Crippen LogP contribution is 2.50. The summed E-state index contributed by atoms with van der Waals surface area (Å²) in [7, 11) is 0. The number of amides is 4. The highest BCUT2D eigenvalue weighted by molar-refractivity contribution is 6.06. The second-order valence-electron chi connectivity index (χ2n) is 9.03. The number of nitrogens with zero attached hydrogens (tertiary/aromatic N) is 2. The van der Waals surface area contributed by atoms with E-state index in [4.69, 9.17) is 0 Å². The Morgan fingerprint density at radius 2 is 1.55 bits per heavy atom. The van der Waals surface area contributed by atoms with Crippen LogP contribution in [0.25, 0.3) is 0 Å². The molecule has 4 aliphatic rings. The lowest BCUT2D eigenvalue weighted by atomic mass is 9.63. The molecule has 1 saturated heterocycles. The van der Waals surface area contributed by atoms with Crippen molar-refractivity contribution in [1.82, 2.24) is 15.1 Å². The number of carbonyl (C=O) groups excluding carboxylic acids is 3. The van der Waals surface area contributed by atoms with Gasteiger partial charge in [0, 0.05) is 19.5 Å². The number of urea groups is 1. The van der Waals surface area contributed by atoms with Gasteiger partial charge in [-0.05, 0) is 43.1 Å². The van der Waals surface area contributed by atoms with Crippen molar-refractivity contribution in [1.29, 1.82) is 0 Å². The molecule has 0 aromatic heterocycles. The average molecular weight is 424 g/mol. The van der Waals surface area contributed by atoms with Crippen LogP contribution < -0.4 is 5.32 Å². The van der Waals surface area contributed by atoms with E-state index in [2.05, 4.69) is 17.5 Å². The first-order valence-electron chi connectivity index (χ1n) is 11.7. The minimum absolute atomic E-state index is 0.118. The van der Waals surface area contributed by atoms with Crippen molar-refractivity contribution in [3.05, 3.63) is 48.0 Å². The molecule has 2 bridgehead atoms. The van der Waals surface area contributed by atoms with Crippen LogP contribution in [0.3, 0.4) is 0 Å². The molecule has 6 nitrogen and oxygen atoms in total. The van der Waals surface area contributed by atoms with Gasteiger partial charge in [0.1, 0.15) is 6.17 Å². The van der Waals surface area contributed by atoms with Crippen LogP contribution in [0.2, 0.25) is 0 Å². The topological polar surface area (TPSA) is 69.7 Å². The van der Waals surface area contributed by atoms with E-state index in [1.165, 1.54) is 4.90 Å². The van der Waals surface area contributed by atoms with E-state index in [9.17, 15) is 14.4 Å². The summed E-state index contributed by atoms with van der Waals surface area (Å²) < 4.78 is 0. The number of rotatable bonds is 8. The van der Waals surface area contributed by atoms with Gasteiger partial charge in [-0.1, -0.05) is 56.3 Å². The first kappa shape index (κ1) is 21.6. The van der Waals surface area contributed by atoms with Crippen molar-refractivity contribution in [2.45, 2.75) is 52.1 Å². The Balaban J connectivity index is 1.60. The van der Waals surface area contributed by atoms with E-state index in [-0.39, 0.29) is 41.5 Å². The average Bonchev–Trinajstić information content (AvgIpc) is 3.07. The van der Waals surface area contributed by atoms with E-state index in [1.807, 2.05) is 44.2 Å². The molecule has 3 aliphatic carbocycles. The summed E-state index contributed by atoms with van der Waals surface area (Å²) in [5.41, 5.74) is 0.988. The zero-order valence-corrected chi connectivity index (χ0v) is 18.5. The van der Waals surface area contributed by atoms with Gasteiger partial charge in [-0.2, -0.15) is 0 Å².